The maximum atomic E-state index is 12.6. The van der Waals surface area contributed by atoms with E-state index in [0.29, 0.717) is 12.8 Å². The highest BCUT2D eigenvalue weighted by Gasteiger charge is 2.30. The molecule has 0 bridgehead atoms. The Kier molecular flexibility index (Phi) is 5.71. The molecule has 0 radical (unpaired) electrons. The SMILES string of the molecule is CCC(CC)N(CCO)S(=O)(=O)c1cccnc1N. The Morgan fingerprint density at radius 2 is 2.05 bits per heavy atom. The Morgan fingerprint density at radius 1 is 1.42 bits per heavy atom. The summed E-state index contributed by atoms with van der Waals surface area (Å²) < 4.78 is 26.5. The molecule has 3 N–H and O–H groups in total. The fourth-order valence-corrected chi connectivity index (χ4v) is 3.87. The Balaban J connectivity index is 3.24. The molecule has 1 heterocycles. The molecule has 108 valence electrons. The monoisotopic (exact) mass is 287 g/mol. The highest BCUT2D eigenvalue weighted by atomic mass is 32.2. The van der Waals surface area contributed by atoms with Crippen molar-refractivity contribution in [3.8, 4) is 0 Å². The molecule has 0 aliphatic rings. The predicted octanol–water partition coefficient (Wildman–Crippen LogP) is 0.835. The summed E-state index contributed by atoms with van der Waals surface area (Å²) in [6.45, 7) is 3.67. The zero-order valence-electron chi connectivity index (χ0n) is 11.3. The summed E-state index contributed by atoms with van der Waals surface area (Å²) in [5.74, 6) is -0.0172. The van der Waals surface area contributed by atoms with Gasteiger partial charge in [0.15, 0.2) is 0 Å². The molecular weight excluding hydrogens is 266 g/mol. The number of aliphatic hydroxyl groups is 1. The second-order valence-corrected chi connectivity index (χ2v) is 6.06. The summed E-state index contributed by atoms with van der Waals surface area (Å²) in [6.07, 6.45) is 2.80. The minimum Gasteiger partial charge on any atom is -0.395 e. The van der Waals surface area contributed by atoms with E-state index in [1.807, 2.05) is 13.8 Å². The fourth-order valence-electron chi connectivity index (χ4n) is 2.04. The summed E-state index contributed by atoms with van der Waals surface area (Å²) in [7, 11) is -3.73. The van der Waals surface area contributed by atoms with Crippen molar-refractivity contribution in [1.82, 2.24) is 9.29 Å². The Morgan fingerprint density at radius 3 is 2.53 bits per heavy atom. The minimum atomic E-state index is -3.73. The molecule has 0 aromatic carbocycles. The smallest absolute Gasteiger partial charge is 0.247 e. The standard InChI is InChI=1S/C12H21N3O3S/c1-3-10(4-2)15(8-9-16)19(17,18)11-6-5-7-14-12(11)13/h5-7,10,16H,3-4,8-9H2,1-2H3,(H2,13,14). The number of nitrogens with zero attached hydrogens (tertiary/aromatic N) is 2. The summed E-state index contributed by atoms with van der Waals surface area (Å²) in [5, 5.41) is 9.10. The molecule has 0 spiro atoms. The highest BCUT2D eigenvalue weighted by molar-refractivity contribution is 7.89. The lowest BCUT2D eigenvalue weighted by Gasteiger charge is -2.29. The van der Waals surface area contributed by atoms with Crippen LogP contribution in [0.1, 0.15) is 26.7 Å². The molecule has 0 saturated carbocycles. The van der Waals surface area contributed by atoms with E-state index in [9.17, 15) is 8.42 Å². The molecule has 0 fully saturated rings. The molecule has 6 nitrogen and oxygen atoms in total. The van der Waals surface area contributed by atoms with Crippen LogP contribution in [-0.4, -0.2) is 42.0 Å². The molecular formula is C12H21N3O3S. The first-order chi connectivity index (χ1) is 8.98. The van der Waals surface area contributed by atoms with Crippen molar-refractivity contribution in [3.63, 3.8) is 0 Å². The van der Waals surface area contributed by atoms with Crippen molar-refractivity contribution in [3.05, 3.63) is 18.3 Å². The van der Waals surface area contributed by atoms with E-state index in [0.717, 1.165) is 0 Å². The molecule has 1 rings (SSSR count). The molecule has 0 amide bonds. The third-order valence-electron chi connectivity index (χ3n) is 3.06. The molecule has 0 unspecified atom stereocenters. The number of sulfonamides is 1. The maximum absolute atomic E-state index is 12.6. The van der Waals surface area contributed by atoms with Crippen molar-refractivity contribution >= 4 is 15.8 Å². The number of hydrogen-bond acceptors (Lipinski definition) is 5. The zero-order valence-corrected chi connectivity index (χ0v) is 12.1. The second-order valence-electron chi connectivity index (χ2n) is 4.20. The van der Waals surface area contributed by atoms with Gasteiger partial charge in [-0.05, 0) is 25.0 Å². The van der Waals surface area contributed by atoms with Crippen LogP contribution in [0.4, 0.5) is 5.82 Å². The van der Waals surface area contributed by atoms with E-state index in [1.54, 1.807) is 0 Å². The number of aromatic nitrogens is 1. The van der Waals surface area contributed by atoms with Crippen LogP contribution < -0.4 is 5.73 Å². The van der Waals surface area contributed by atoms with Crippen LogP contribution in [0, 0.1) is 0 Å². The van der Waals surface area contributed by atoms with Crippen LogP contribution >= 0.6 is 0 Å². The van der Waals surface area contributed by atoms with Gasteiger partial charge in [-0.25, -0.2) is 13.4 Å². The van der Waals surface area contributed by atoms with Gasteiger partial charge in [-0.2, -0.15) is 4.31 Å². The largest absolute Gasteiger partial charge is 0.395 e. The third kappa shape index (κ3) is 3.43. The topological polar surface area (TPSA) is 96.5 Å². The van der Waals surface area contributed by atoms with Crippen molar-refractivity contribution in [2.24, 2.45) is 0 Å². The molecule has 1 aromatic rings. The lowest BCUT2D eigenvalue weighted by Crippen LogP contribution is -2.41. The summed E-state index contributed by atoms with van der Waals surface area (Å²) >= 11 is 0. The molecule has 1 aromatic heterocycles. The number of nitrogen functional groups attached to an aromatic ring is 1. The predicted molar refractivity (Wildman–Crippen MR) is 74.0 cm³/mol. The number of pyridine rings is 1. The highest BCUT2D eigenvalue weighted by Crippen LogP contribution is 2.23. The third-order valence-corrected chi connectivity index (χ3v) is 5.06. The number of hydrogen-bond donors (Lipinski definition) is 2. The number of aliphatic hydroxyl groups excluding tert-OH is 1. The van der Waals surface area contributed by atoms with Gasteiger partial charge in [0.2, 0.25) is 10.0 Å². The van der Waals surface area contributed by atoms with Crippen LogP contribution in [0.25, 0.3) is 0 Å². The van der Waals surface area contributed by atoms with Gasteiger partial charge < -0.3 is 10.8 Å². The van der Waals surface area contributed by atoms with Crippen molar-refractivity contribution in [1.29, 1.82) is 0 Å². The average Bonchev–Trinajstić information content (AvgIpc) is 2.39. The number of anilines is 1. The first-order valence-corrected chi connectivity index (χ1v) is 7.76. The van der Waals surface area contributed by atoms with E-state index >= 15 is 0 Å². The summed E-state index contributed by atoms with van der Waals surface area (Å²) in [5.41, 5.74) is 5.64. The van der Waals surface area contributed by atoms with Crippen molar-refractivity contribution < 1.29 is 13.5 Å². The quantitative estimate of drug-likeness (QED) is 0.774. The van der Waals surface area contributed by atoms with Gasteiger partial charge in [0.1, 0.15) is 10.7 Å². The second kappa shape index (κ2) is 6.83. The van der Waals surface area contributed by atoms with E-state index in [4.69, 9.17) is 10.8 Å². The molecule has 0 saturated heterocycles. The molecule has 0 atom stereocenters. The van der Waals surface area contributed by atoms with E-state index in [-0.39, 0.29) is 29.9 Å². The van der Waals surface area contributed by atoms with E-state index < -0.39 is 10.0 Å². The zero-order chi connectivity index (χ0) is 14.5. The Hall–Kier alpha value is -1.18. The van der Waals surface area contributed by atoms with Gasteiger partial charge in [-0.3, -0.25) is 0 Å². The van der Waals surface area contributed by atoms with Crippen LogP contribution in [0.3, 0.4) is 0 Å². The van der Waals surface area contributed by atoms with E-state index in [1.165, 1.54) is 22.6 Å². The van der Waals surface area contributed by atoms with Crippen LogP contribution in [0.5, 0.6) is 0 Å². The first kappa shape index (κ1) is 15.9. The normalized spacial score (nSPS) is 12.3. The number of rotatable bonds is 7. The first-order valence-electron chi connectivity index (χ1n) is 6.32. The van der Waals surface area contributed by atoms with Gasteiger partial charge in [0, 0.05) is 18.8 Å². The van der Waals surface area contributed by atoms with Crippen LogP contribution in [0.2, 0.25) is 0 Å². The molecule has 0 aliphatic carbocycles. The lowest BCUT2D eigenvalue weighted by molar-refractivity contribution is 0.219. The van der Waals surface area contributed by atoms with Crippen LogP contribution in [0.15, 0.2) is 23.2 Å². The van der Waals surface area contributed by atoms with Gasteiger partial charge in [-0.1, -0.05) is 13.8 Å². The maximum Gasteiger partial charge on any atom is 0.247 e. The van der Waals surface area contributed by atoms with Gasteiger partial charge >= 0.3 is 0 Å². The van der Waals surface area contributed by atoms with E-state index in [2.05, 4.69) is 4.98 Å². The molecule has 7 heteroatoms. The lowest BCUT2D eigenvalue weighted by atomic mass is 10.2. The Bertz CT molecular complexity index is 501. The van der Waals surface area contributed by atoms with Gasteiger partial charge in [0.05, 0.1) is 6.61 Å². The van der Waals surface area contributed by atoms with Gasteiger partial charge in [0.25, 0.3) is 0 Å². The Labute approximate surface area is 114 Å². The summed E-state index contributed by atoms with van der Waals surface area (Å²) in [6, 6.07) is 2.81. The van der Waals surface area contributed by atoms with Crippen LogP contribution in [-0.2, 0) is 10.0 Å². The molecule has 19 heavy (non-hydrogen) atoms. The van der Waals surface area contributed by atoms with Crippen molar-refractivity contribution in [2.75, 3.05) is 18.9 Å². The van der Waals surface area contributed by atoms with Gasteiger partial charge in [-0.15, -0.1) is 0 Å². The molecule has 0 aliphatic heterocycles. The minimum absolute atomic E-state index is 0.00431. The van der Waals surface area contributed by atoms with Crippen molar-refractivity contribution in [2.45, 2.75) is 37.6 Å². The number of nitrogens with two attached hydrogens (primary N) is 1. The average molecular weight is 287 g/mol. The summed E-state index contributed by atoms with van der Waals surface area (Å²) in [4.78, 5) is 3.80. The fraction of sp³-hybridized carbons (Fsp3) is 0.583.